The normalized spacial score (nSPS) is 17.0. The fourth-order valence-electron chi connectivity index (χ4n) is 3.13. The Bertz CT molecular complexity index is 875. The minimum Gasteiger partial charge on any atom is -0.496 e. The molecule has 4 rings (SSSR count). The molecule has 0 spiro atoms. The monoisotopic (exact) mass is 355 g/mol. The van der Waals surface area contributed by atoms with Gasteiger partial charge in [0, 0.05) is 11.9 Å². The van der Waals surface area contributed by atoms with Crippen molar-refractivity contribution >= 4 is 17.2 Å². The number of likely N-dealkylation sites (tertiary alicyclic amines) is 1. The number of thiophene rings is 1. The minimum atomic E-state index is -0.177. The number of methoxy groups -OCH3 is 1. The van der Waals surface area contributed by atoms with Crippen molar-refractivity contribution in [2.24, 2.45) is 0 Å². The summed E-state index contributed by atoms with van der Waals surface area (Å²) in [5.74, 6) is 1.65. The van der Waals surface area contributed by atoms with E-state index in [2.05, 4.69) is 10.1 Å². The van der Waals surface area contributed by atoms with Gasteiger partial charge in [-0.25, -0.2) is 0 Å². The van der Waals surface area contributed by atoms with Gasteiger partial charge in [0.25, 0.3) is 5.91 Å². The molecule has 3 aromatic rings. The summed E-state index contributed by atoms with van der Waals surface area (Å²) in [4.78, 5) is 19.0. The summed E-state index contributed by atoms with van der Waals surface area (Å²) in [6, 6.07) is 9.20. The largest absolute Gasteiger partial charge is 0.496 e. The maximum absolute atomic E-state index is 12.7. The summed E-state index contributed by atoms with van der Waals surface area (Å²) in [5, 5.41) is 7.87. The molecule has 3 heterocycles. The van der Waals surface area contributed by atoms with Crippen LogP contribution in [0.1, 0.15) is 35.1 Å². The highest BCUT2D eigenvalue weighted by Crippen LogP contribution is 2.34. The predicted octanol–water partition coefficient (Wildman–Crippen LogP) is 3.78. The summed E-state index contributed by atoms with van der Waals surface area (Å²) in [5.41, 5.74) is 1.48. The lowest BCUT2D eigenvalue weighted by atomic mass is 10.2. The highest BCUT2D eigenvalue weighted by Gasteiger charge is 2.34. The highest BCUT2D eigenvalue weighted by atomic mass is 32.1. The van der Waals surface area contributed by atoms with E-state index in [4.69, 9.17) is 9.26 Å². The van der Waals surface area contributed by atoms with Crippen molar-refractivity contribution in [1.29, 1.82) is 0 Å². The summed E-state index contributed by atoms with van der Waals surface area (Å²) in [6.45, 7) is 0.700. The van der Waals surface area contributed by atoms with Crippen LogP contribution in [0.15, 0.2) is 45.6 Å². The Labute approximate surface area is 149 Å². The first kappa shape index (κ1) is 15.8. The van der Waals surface area contributed by atoms with E-state index in [9.17, 15) is 4.79 Å². The Kier molecular flexibility index (Phi) is 4.23. The lowest BCUT2D eigenvalue weighted by Gasteiger charge is -2.21. The third-order valence-electron chi connectivity index (χ3n) is 4.36. The molecule has 2 aromatic heterocycles. The van der Waals surface area contributed by atoms with E-state index in [1.807, 2.05) is 46.0 Å². The van der Waals surface area contributed by atoms with Crippen LogP contribution >= 0.6 is 11.3 Å². The number of carbonyl (C=O) groups excluding carboxylic acids is 1. The fourth-order valence-corrected chi connectivity index (χ4v) is 3.76. The van der Waals surface area contributed by atoms with Gasteiger partial charge >= 0.3 is 0 Å². The Hall–Kier alpha value is -2.67. The third-order valence-corrected chi connectivity index (χ3v) is 5.04. The first-order valence-corrected chi connectivity index (χ1v) is 9.02. The number of hydrogen-bond donors (Lipinski definition) is 0. The topological polar surface area (TPSA) is 68.5 Å². The highest BCUT2D eigenvalue weighted by molar-refractivity contribution is 7.08. The smallest absolute Gasteiger partial charge is 0.255 e. The van der Waals surface area contributed by atoms with Gasteiger partial charge in [0.05, 0.1) is 18.2 Å². The molecule has 0 radical (unpaired) electrons. The maximum Gasteiger partial charge on any atom is 0.255 e. The zero-order valence-corrected chi connectivity index (χ0v) is 14.5. The van der Waals surface area contributed by atoms with E-state index in [1.165, 1.54) is 11.3 Å². The lowest BCUT2D eigenvalue weighted by molar-refractivity contribution is 0.0710. The van der Waals surface area contributed by atoms with Crippen LogP contribution < -0.4 is 4.74 Å². The second-order valence-corrected chi connectivity index (χ2v) is 6.61. The SMILES string of the molecule is COc1ccccc1-c1noc(C2CCCN2C(=O)c2ccsc2)n1. The number of nitrogens with zero attached hydrogens (tertiary/aromatic N) is 3. The van der Waals surface area contributed by atoms with Gasteiger partial charge in [-0.2, -0.15) is 16.3 Å². The summed E-state index contributed by atoms with van der Waals surface area (Å²) in [7, 11) is 1.61. The Morgan fingerprint density at radius 3 is 3.04 bits per heavy atom. The van der Waals surface area contributed by atoms with E-state index in [-0.39, 0.29) is 11.9 Å². The standard InChI is InChI=1S/C18H17N3O3S/c1-23-15-7-3-2-5-13(15)16-19-17(24-20-16)14-6-4-9-21(14)18(22)12-8-10-25-11-12/h2-3,5,7-8,10-11,14H,4,6,9H2,1H3. The van der Waals surface area contributed by atoms with Crippen molar-refractivity contribution in [3.8, 4) is 17.1 Å². The van der Waals surface area contributed by atoms with Crippen LogP contribution in [0.5, 0.6) is 5.75 Å². The van der Waals surface area contributed by atoms with E-state index in [1.54, 1.807) is 7.11 Å². The quantitative estimate of drug-likeness (QED) is 0.712. The molecule has 1 atom stereocenters. The Morgan fingerprint density at radius 2 is 2.24 bits per heavy atom. The van der Waals surface area contributed by atoms with Crippen LogP contribution in [0.25, 0.3) is 11.4 Å². The molecular weight excluding hydrogens is 338 g/mol. The van der Waals surface area contributed by atoms with Gasteiger partial charge in [0.2, 0.25) is 11.7 Å². The number of benzene rings is 1. The number of rotatable bonds is 4. The molecule has 6 nitrogen and oxygen atoms in total. The van der Waals surface area contributed by atoms with Gasteiger partial charge in [-0.1, -0.05) is 17.3 Å². The molecule has 1 aliphatic rings. The molecule has 1 aromatic carbocycles. The van der Waals surface area contributed by atoms with Crippen LogP contribution in [-0.2, 0) is 0 Å². The summed E-state index contributed by atoms with van der Waals surface area (Å²) < 4.78 is 10.9. The van der Waals surface area contributed by atoms with Gasteiger partial charge < -0.3 is 14.2 Å². The van der Waals surface area contributed by atoms with Crippen molar-refractivity contribution in [2.45, 2.75) is 18.9 Å². The predicted molar refractivity (Wildman–Crippen MR) is 93.6 cm³/mol. The van der Waals surface area contributed by atoms with Gasteiger partial charge in [-0.15, -0.1) is 0 Å². The van der Waals surface area contributed by atoms with E-state index < -0.39 is 0 Å². The van der Waals surface area contributed by atoms with Crippen molar-refractivity contribution in [3.05, 3.63) is 52.5 Å². The molecule has 0 N–H and O–H groups in total. The van der Waals surface area contributed by atoms with Crippen molar-refractivity contribution in [2.75, 3.05) is 13.7 Å². The number of carbonyl (C=O) groups is 1. The van der Waals surface area contributed by atoms with Gasteiger partial charge in [0.1, 0.15) is 11.8 Å². The molecule has 1 saturated heterocycles. The Morgan fingerprint density at radius 1 is 1.36 bits per heavy atom. The van der Waals surface area contributed by atoms with Crippen LogP contribution in [0.4, 0.5) is 0 Å². The average Bonchev–Trinajstić information content (AvgIpc) is 3.41. The van der Waals surface area contributed by atoms with Crippen LogP contribution in [0.3, 0.4) is 0 Å². The molecule has 128 valence electrons. The summed E-state index contributed by atoms with van der Waals surface area (Å²) in [6.07, 6.45) is 1.75. The van der Waals surface area contributed by atoms with Gasteiger partial charge in [0.15, 0.2) is 0 Å². The molecule has 1 amide bonds. The van der Waals surface area contributed by atoms with E-state index in [0.717, 1.165) is 18.4 Å². The van der Waals surface area contributed by atoms with Gasteiger partial charge in [-0.05, 0) is 36.4 Å². The Balaban J connectivity index is 1.62. The van der Waals surface area contributed by atoms with Gasteiger partial charge in [-0.3, -0.25) is 4.79 Å². The number of para-hydroxylation sites is 1. The zero-order valence-electron chi connectivity index (χ0n) is 13.7. The first-order chi connectivity index (χ1) is 12.3. The van der Waals surface area contributed by atoms with Crippen LogP contribution in [-0.4, -0.2) is 34.6 Å². The second-order valence-electron chi connectivity index (χ2n) is 5.83. The number of hydrogen-bond acceptors (Lipinski definition) is 6. The zero-order chi connectivity index (χ0) is 17.2. The van der Waals surface area contributed by atoms with Crippen molar-refractivity contribution in [1.82, 2.24) is 15.0 Å². The minimum absolute atomic E-state index is 0.0146. The molecule has 1 aliphatic heterocycles. The maximum atomic E-state index is 12.7. The molecule has 0 bridgehead atoms. The first-order valence-electron chi connectivity index (χ1n) is 8.08. The summed E-state index contributed by atoms with van der Waals surface area (Å²) >= 11 is 1.52. The van der Waals surface area contributed by atoms with Crippen LogP contribution in [0.2, 0.25) is 0 Å². The molecule has 1 unspecified atom stereocenters. The third kappa shape index (κ3) is 2.91. The number of aromatic nitrogens is 2. The average molecular weight is 355 g/mol. The fraction of sp³-hybridized carbons (Fsp3) is 0.278. The number of amides is 1. The lowest BCUT2D eigenvalue weighted by Crippen LogP contribution is -2.30. The molecule has 0 saturated carbocycles. The van der Waals surface area contributed by atoms with Crippen LogP contribution in [0, 0.1) is 0 Å². The molecule has 1 fully saturated rings. The molecule has 0 aliphatic carbocycles. The van der Waals surface area contributed by atoms with E-state index in [0.29, 0.717) is 29.6 Å². The van der Waals surface area contributed by atoms with Crippen molar-refractivity contribution in [3.63, 3.8) is 0 Å². The van der Waals surface area contributed by atoms with Crippen molar-refractivity contribution < 1.29 is 14.1 Å². The number of ether oxygens (including phenoxy) is 1. The van der Waals surface area contributed by atoms with E-state index >= 15 is 0 Å². The second kappa shape index (κ2) is 6.68. The molecule has 25 heavy (non-hydrogen) atoms. The molecular formula is C18H17N3O3S. The molecule has 7 heteroatoms.